The lowest BCUT2D eigenvalue weighted by molar-refractivity contribution is 0.0548. The molecule has 6 atom stereocenters. The Labute approximate surface area is 117 Å². The Hall–Kier alpha value is -0.140. The smallest absolute Gasteiger partial charge is 0.255 e. The van der Waals surface area contributed by atoms with Crippen molar-refractivity contribution in [2.24, 2.45) is 11.8 Å². The average molecular weight is 380 g/mol. The molecule has 90 valence electrons. The second-order valence-electron chi connectivity index (χ2n) is 4.73. The van der Waals surface area contributed by atoms with Gasteiger partial charge in [0.1, 0.15) is 0 Å². The van der Waals surface area contributed by atoms with Gasteiger partial charge in [0, 0.05) is 11.8 Å². The van der Waals surface area contributed by atoms with Crippen LogP contribution in [-0.2, 0) is 0 Å². The molecule has 0 aromatic carbocycles. The van der Waals surface area contributed by atoms with Crippen LogP contribution in [0.1, 0.15) is 12.1 Å². The van der Waals surface area contributed by atoms with E-state index < -0.39 is 0 Å². The molecule has 4 unspecified atom stereocenters. The van der Waals surface area contributed by atoms with Crippen molar-refractivity contribution in [3.8, 4) is 0 Å². The summed E-state index contributed by atoms with van der Waals surface area (Å²) in [6.07, 6.45) is 4.32. The minimum Gasteiger partial charge on any atom is -0.255 e. The van der Waals surface area contributed by atoms with Gasteiger partial charge < -0.3 is 0 Å². The fourth-order valence-corrected chi connectivity index (χ4v) is 5.86. The highest BCUT2D eigenvalue weighted by atomic mass is 79.9. The predicted molar refractivity (Wildman–Crippen MR) is 72.5 cm³/mol. The maximum absolute atomic E-state index is 11.9. The Bertz CT molecular complexity index is 593. The number of aromatic nitrogens is 2. The summed E-state index contributed by atoms with van der Waals surface area (Å²) in [7, 11) is 0. The fraction of sp³-hybridized carbons (Fsp3) is 0.600. The zero-order valence-corrected chi connectivity index (χ0v) is 12.5. The normalized spacial score (nSPS) is 45.3. The summed E-state index contributed by atoms with van der Waals surface area (Å²) in [5.41, 5.74) is 0. The number of allylic oxidation sites excluding steroid dienone is 2. The summed E-state index contributed by atoms with van der Waals surface area (Å²) >= 11 is 8.16. The van der Waals surface area contributed by atoms with Gasteiger partial charge in [-0.2, -0.15) is 0 Å². The van der Waals surface area contributed by atoms with Crippen LogP contribution >= 0.6 is 43.2 Å². The van der Waals surface area contributed by atoms with Crippen molar-refractivity contribution in [2.45, 2.75) is 21.7 Å². The van der Waals surface area contributed by atoms with Gasteiger partial charge in [0.05, 0.1) is 21.7 Å². The van der Waals surface area contributed by atoms with Crippen molar-refractivity contribution >= 4 is 43.2 Å². The van der Waals surface area contributed by atoms with Crippen LogP contribution in [0.15, 0.2) is 21.7 Å². The van der Waals surface area contributed by atoms with Crippen LogP contribution in [0.5, 0.6) is 0 Å². The molecule has 5 rings (SSSR count). The molecule has 0 radical (unpaired) electrons. The van der Waals surface area contributed by atoms with E-state index in [4.69, 9.17) is 0 Å². The summed E-state index contributed by atoms with van der Waals surface area (Å²) in [6.45, 7) is 0. The molecular weight excluding hydrogens is 372 g/mol. The lowest BCUT2D eigenvalue weighted by Crippen LogP contribution is -2.61. The number of hydrogen-bond acceptors (Lipinski definition) is 3. The molecule has 0 saturated heterocycles. The van der Waals surface area contributed by atoms with Crippen LogP contribution in [0.25, 0.3) is 0 Å². The number of nitrogens with zero attached hydrogens (tertiary/aromatic N) is 2. The average Bonchev–Trinajstić information content (AvgIpc) is 2.52. The van der Waals surface area contributed by atoms with Crippen molar-refractivity contribution in [1.29, 1.82) is 0 Å². The largest absolute Gasteiger partial charge is 0.327 e. The topological polar surface area (TPSA) is 44.0 Å². The summed E-state index contributed by atoms with van der Waals surface area (Å²) in [4.78, 5) is 23.9. The SMILES string of the molecule is O=c1sc(=O)n2n1[C@@H]1C(Br)C(Br)[C@H]2C2C=CC21. The molecule has 1 fully saturated rings. The number of fused-ring (bicyclic) bond motifs is 1. The molecule has 2 bridgehead atoms. The van der Waals surface area contributed by atoms with Gasteiger partial charge in [0.25, 0.3) is 0 Å². The Morgan fingerprint density at radius 1 is 0.941 bits per heavy atom. The molecule has 7 heteroatoms. The minimum absolute atomic E-state index is 0.0609. The summed E-state index contributed by atoms with van der Waals surface area (Å²) < 4.78 is 3.33. The van der Waals surface area contributed by atoms with Crippen molar-refractivity contribution in [3.05, 3.63) is 31.5 Å². The fourth-order valence-electron chi connectivity index (χ4n) is 3.32. The predicted octanol–water partition coefficient (Wildman–Crippen LogP) is 1.51. The van der Waals surface area contributed by atoms with E-state index in [0.717, 1.165) is 11.3 Å². The van der Waals surface area contributed by atoms with Gasteiger partial charge in [-0.3, -0.25) is 9.59 Å². The molecule has 0 spiro atoms. The van der Waals surface area contributed by atoms with Gasteiger partial charge in [-0.05, 0) is 11.3 Å². The van der Waals surface area contributed by atoms with Crippen molar-refractivity contribution < 1.29 is 0 Å². The van der Waals surface area contributed by atoms with Crippen LogP contribution in [0, 0.1) is 11.8 Å². The third-order valence-electron chi connectivity index (χ3n) is 4.09. The molecule has 1 saturated carbocycles. The van der Waals surface area contributed by atoms with E-state index in [0.29, 0.717) is 11.8 Å². The first-order valence-corrected chi connectivity index (χ1v) is 8.06. The third-order valence-corrected chi connectivity index (χ3v) is 7.75. The first-order chi connectivity index (χ1) is 8.11. The molecule has 0 amide bonds. The van der Waals surface area contributed by atoms with Gasteiger partial charge >= 0.3 is 9.75 Å². The van der Waals surface area contributed by atoms with Crippen LogP contribution < -0.4 is 9.75 Å². The zero-order valence-electron chi connectivity index (χ0n) is 8.49. The molecule has 4 nitrogen and oxygen atoms in total. The number of alkyl halides is 2. The van der Waals surface area contributed by atoms with Gasteiger partial charge in [-0.15, -0.1) is 0 Å². The Balaban J connectivity index is 2.08. The number of hydrogen-bond donors (Lipinski definition) is 0. The van der Waals surface area contributed by atoms with Crippen LogP contribution in [0.2, 0.25) is 0 Å². The van der Waals surface area contributed by atoms with Gasteiger partial charge in [-0.1, -0.05) is 44.0 Å². The Morgan fingerprint density at radius 2 is 1.35 bits per heavy atom. The molecule has 2 aliphatic heterocycles. The summed E-state index contributed by atoms with van der Waals surface area (Å²) in [5.74, 6) is 0.787. The van der Waals surface area contributed by atoms with Crippen LogP contribution in [0.3, 0.4) is 0 Å². The first kappa shape index (κ1) is 10.8. The number of rotatable bonds is 0. The first-order valence-electron chi connectivity index (χ1n) is 5.42. The highest BCUT2D eigenvalue weighted by molar-refractivity contribution is 9.12. The van der Waals surface area contributed by atoms with Crippen LogP contribution in [0.4, 0.5) is 0 Å². The maximum Gasteiger partial charge on any atom is 0.327 e. The summed E-state index contributed by atoms with van der Waals surface area (Å²) in [5, 5.41) is 0. The van der Waals surface area contributed by atoms with Crippen LogP contribution in [-0.4, -0.2) is 19.0 Å². The van der Waals surface area contributed by atoms with Crippen molar-refractivity contribution in [2.75, 3.05) is 0 Å². The highest BCUT2D eigenvalue weighted by Gasteiger charge is 2.57. The molecule has 2 aliphatic carbocycles. The van der Waals surface area contributed by atoms with E-state index in [-0.39, 0.29) is 31.5 Å². The van der Waals surface area contributed by atoms with Gasteiger partial charge in [0.2, 0.25) is 0 Å². The zero-order chi connectivity index (χ0) is 11.9. The van der Waals surface area contributed by atoms with Crippen molar-refractivity contribution in [1.82, 2.24) is 9.36 Å². The summed E-state index contributed by atoms with van der Waals surface area (Å²) in [6, 6.07) is 0.122. The molecular formula is C10H8Br2N2O2S. The van der Waals surface area contributed by atoms with E-state index in [1.807, 2.05) is 0 Å². The molecule has 1 aromatic heterocycles. The van der Waals surface area contributed by atoms with E-state index >= 15 is 0 Å². The minimum atomic E-state index is -0.132. The molecule has 17 heavy (non-hydrogen) atoms. The monoisotopic (exact) mass is 378 g/mol. The van der Waals surface area contributed by atoms with Gasteiger partial charge in [0.15, 0.2) is 0 Å². The van der Waals surface area contributed by atoms with Gasteiger partial charge in [-0.25, -0.2) is 9.36 Å². The van der Waals surface area contributed by atoms with Crippen molar-refractivity contribution in [3.63, 3.8) is 0 Å². The second-order valence-corrected chi connectivity index (χ2v) is 7.75. The molecule has 0 N–H and O–H groups in total. The lowest BCUT2D eigenvalue weighted by Gasteiger charge is -2.55. The highest BCUT2D eigenvalue weighted by Crippen LogP contribution is 2.57. The van der Waals surface area contributed by atoms with E-state index in [2.05, 4.69) is 44.0 Å². The molecule has 1 aromatic rings. The van der Waals surface area contributed by atoms with E-state index in [9.17, 15) is 9.59 Å². The quantitative estimate of drug-likeness (QED) is 0.506. The molecule has 3 heterocycles. The molecule has 4 aliphatic rings. The van der Waals surface area contributed by atoms with E-state index in [1.165, 1.54) is 0 Å². The maximum atomic E-state index is 11.9. The Morgan fingerprint density at radius 3 is 1.71 bits per heavy atom. The Kier molecular flexibility index (Phi) is 2.05. The third kappa shape index (κ3) is 1.09. The lowest BCUT2D eigenvalue weighted by atomic mass is 9.65. The second kappa shape index (κ2) is 3.24. The number of halogens is 2. The standard InChI is InChI=1S/C10H8Br2N2O2S/c11-5-6(12)8-4-2-1-3(4)7(5)13-9(15)17-10(16)14(8)13/h1-8H/t3?,4?,5?,6?,7-,8+. The van der Waals surface area contributed by atoms with E-state index in [1.54, 1.807) is 9.36 Å².